The molecule has 1 aromatic carbocycles. The molecule has 2 rings (SSSR count). The molecule has 112 valence electrons. The molecule has 20 heavy (non-hydrogen) atoms. The average Bonchev–Trinajstić information content (AvgIpc) is 2.45. The number of hydrogen-bond donors (Lipinski definition) is 2. The van der Waals surface area contributed by atoms with E-state index >= 15 is 0 Å². The van der Waals surface area contributed by atoms with E-state index in [0.717, 1.165) is 37.8 Å². The summed E-state index contributed by atoms with van der Waals surface area (Å²) in [6.45, 7) is 0.178. The molecule has 5 heteroatoms. The van der Waals surface area contributed by atoms with Crippen molar-refractivity contribution in [1.29, 1.82) is 0 Å². The van der Waals surface area contributed by atoms with Gasteiger partial charge in [-0.3, -0.25) is 0 Å². The third-order valence-corrected chi connectivity index (χ3v) is 3.59. The van der Waals surface area contributed by atoms with Crippen LogP contribution < -0.4 is 10.1 Å². The Hall–Kier alpha value is -1.20. The molecule has 0 heterocycles. The molecule has 0 amide bonds. The Kier molecular flexibility index (Phi) is 5.73. The first-order chi connectivity index (χ1) is 9.63. The van der Waals surface area contributed by atoms with Crippen LogP contribution in [0.5, 0.6) is 5.75 Å². The first-order valence-corrected chi connectivity index (χ1v) is 7.05. The Morgan fingerprint density at radius 3 is 2.40 bits per heavy atom. The van der Waals surface area contributed by atoms with Gasteiger partial charge < -0.3 is 15.2 Å². The van der Waals surface area contributed by atoms with Crippen LogP contribution in [0.25, 0.3) is 0 Å². The van der Waals surface area contributed by atoms with Crippen LogP contribution in [-0.2, 0) is 6.54 Å². The molecule has 1 saturated carbocycles. The fraction of sp³-hybridized carbons (Fsp3) is 0.600. The average molecular weight is 285 g/mol. The van der Waals surface area contributed by atoms with Crippen LogP contribution in [0.2, 0.25) is 0 Å². The highest BCUT2D eigenvalue weighted by atomic mass is 19.3. The molecular formula is C15H21F2NO2. The van der Waals surface area contributed by atoms with Crippen LogP contribution in [0.3, 0.4) is 0 Å². The van der Waals surface area contributed by atoms with Gasteiger partial charge in [0.1, 0.15) is 12.4 Å². The second-order valence-electron chi connectivity index (χ2n) is 5.23. The van der Waals surface area contributed by atoms with E-state index in [2.05, 4.69) is 5.32 Å². The lowest BCUT2D eigenvalue weighted by molar-refractivity contribution is 0.0819. The maximum absolute atomic E-state index is 12.0. The summed E-state index contributed by atoms with van der Waals surface area (Å²) in [7, 11) is 0. The zero-order valence-electron chi connectivity index (χ0n) is 11.4. The van der Waals surface area contributed by atoms with Gasteiger partial charge in [-0.2, -0.15) is 0 Å². The number of hydrogen-bond acceptors (Lipinski definition) is 3. The lowest BCUT2D eigenvalue weighted by Gasteiger charge is -2.26. The second kappa shape index (κ2) is 7.55. The van der Waals surface area contributed by atoms with Crippen molar-refractivity contribution in [2.45, 2.75) is 50.8 Å². The largest absolute Gasteiger partial charge is 0.488 e. The molecule has 1 aliphatic rings. The highest BCUT2D eigenvalue weighted by Crippen LogP contribution is 2.19. The van der Waals surface area contributed by atoms with Crippen molar-refractivity contribution in [2.24, 2.45) is 0 Å². The van der Waals surface area contributed by atoms with Gasteiger partial charge in [-0.05, 0) is 43.4 Å². The fourth-order valence-electron chi connectivity index (χ4n) is 2.40. The molecule has 0 spiro atoms. The lowest BCUT2D eigenvalue weighted by Crippen LogP contribution is -2.34. The Bertz CT molecular complexity index is 389. The Balaban J connectivity index is 1.73. The number of ether oxygens (including phenoxy) is 1. The summed E-state index contributed by atoms with van der Waals surface area (Å²) in [5, 5.41) is 12.9. The molecule has 0 unspecified atom stereocenters. The van der Waals surface area contributed by atoms with Crippen LogP contribution in [0.4, 0.5) is 8.78 Å². The first-order valence-electron chi connectivity index (χ1n) is 7.05. The van der Waals surface area contributed by atoms with Crippen LogP contribution in [-0.4, -0.2) is 30.3 Å². The highest BCUT2D eigenvalue weighted by Gasteiger charge is 2.18. The maximum Gasteiger partial charge on any atom is 0.272 e. The van der Waals surface area contributed by atoms with E-state index in [4.69, 9.17) is 4.74 Å². The van der Waals surface area contributed by atoms with Gasteiger partial charge in [-0.25, -0.2) is 8.78 Å². The van der Waals surface area contributed by atoms with Gasteiger partial charge in [0.05, 0.1) is 6.10 Å². The van der Waals surface area contributed by atoms with E-state index in [1.165, 1.54) is 0 Å². The van der Waals surface area contributed by atoms with E-state index in [1.54, 1.807) is 12.1 Å². The summed E-state index contributed by atoms with van der Waals surface area (Å²) in [5.74, 6) is 0.467. The number of aliphatic hydroxyl groups excluding tert-OH is 1. The monoisotopic (exact) mass is 285 g/mol. The Morgan fingerprint density at radius 2 is 1.80 bits per heavy atom. The van der Waals surface area contributed by atoms with Crippen LogP contribution in [0, 0.1) is 0 Å². The van der Waals surface area contributed by atoms with E-state index in [9.17, 15) is 13.9 Å². The Labute approximate surface area is 117 Å². The lowest BCUT2D eigenvalue weighted by atomic mass is 9.93. The van der Waals surface area contributed by atoms with Crippen molar-refractivity contribution >= 4 is 0 Å². The van der Waals surface area contributed by atoms with E-state index in [0.29, 0.717) is 11.8 Å². The molecule has 0 aliphatic heterocycles. The number of benzene rings is 1. The SMILES string of the molecule is OC1CCC(NCc2ccc(OCC(F)F)cc2)CC1. The predicted octanol–water partition coefficient (Wildman–Crippen LogP) is 2.72. The van der Waals surface area contributed by atoms with Crippen LogP contribution >= 0.6 is 0 Å². The van der Waals surface area contributed by atoms with Crippen LogP contribution in [0.1, 0.15) is 31.2 Å². The quantitative estimate of drug-likeness (QED) is 0.844. The number of halogens is 2. The fourth-order valence-corrected chi connectivity index (χ4v) is 2.40. The molecule has 0 radical (unpaired) electrons. The summed E-state index contributed by atoms with van der Waals surface area (Å²) in [6.07, 6.45) is 1.13. The molecular weight excluding hydrogens is 264 g/mol. The highest BCUT2D eigenvalue weighted by molar-refractivity contribution is 5.27. The number of aliphatic hydroxyl groups is 1. The van der Waals surface area contributed by atoms with Crippen molar-refractivity contribution < 1.29 is 18.6 Å². The molecule has 0 aromatic heterocycles. The van der Waals surface area contributed by atoms with Gasteiger partial charge in [-0.1, -0.05) is 12.1 Å². The molecule has 1 aromatic rings. The van der Waals surface area contributed by atoms with Gasteiger partial charge in [0.2, 0.25) is 0 Å². The van der Waals surface area contributed by atoms with Crippen LogP contribution in [0.15, 0.2) is 24.3 Å². The molecule has 0 bridgehead atoms. The van der Waals surface area contributed by atoms with Crippen molar-refractivity contribution in [2.75, 3.05) is 6.61 Å². The Morgan fingerprint density at radius 1 is 1.15 bits per heavy atom. The number of alkyl halides is 2. The van der Waals surface area contributed by atoms with E-state index in [-0.39, 0.29) is 6.10 Å². The zero-order chi connectivity index (χ0) is 14.4. The standard InChI is InChI=1S/C15H21F2NO2/c16-15(17)10-20-14-7-1-11(2-8-14)9-18-12-3-5-13(19)6-4-12/h1-2,7-8,12-13,15,18-19H,3-6,9-10H2. The van der Waals surface area contributed by atoms with E-state index in [1.807, 2.05) is 12.1 Å². The zero-order valence-corrected chi connectivity index (χ0v) is 11.4. The van der Waals surface area contributed by atoms with Crippen molar-refractivity contribution in [1.82, 2.24) is 5.32 Å². The third-order valence-electron chi connectivity index (χ3n) is 3.59. The smallest absolute Gasteiger partial charge is 0.272 e. The third kappa shape index (κ3) is 5.06. The van der Waals surface area contributed by atoms with Gasteiger partial charge >= 0.3 is 0 Å². The minimum absolute atomic E-state index is 0.140. The number of rotatable bonds is 6. The molecule has 2 N–H and O–H groups in total. The van der Waals surface area contributed by atoms with Crippen molar-refractivity contribution in [3.63, 3.8) is 0 Å². The van der Waals surface area contributed by atoms with Gasteiger partial charge in [0.15, 0.2) is 0 Å². The summed E-state index contributed by atoms with van der Waals surface area (Å²) in [4.78, 5) is 0. The van der Waals surface area contributed by atoms with Gasteiger partial charge in [0, 0.05) is 12.6 Å². The molecule has 3 nitrogen and oxygen atoms in total. The van der Waals surface area contributed by atoms with Gasteiger partial charge in [-0.15, -0.1) is 0 Å². The summed E-state index contributed by atoms with van der Waals surface area (Å²) >= 11 is 0. The molecule has 1 aliphatic carbocycles. The van der Waals surface area contributed by atoms with Gasteiger partial charge in [0.25, 0.3) is 6.43 Å². The maximum atomic E-state index is 12.0. The molecule has 0 saturated heterocycles. The molecule has 0 atom stereocenters. The van der Waals surface area contributed by atoms with E-state index < -0.39 is 13.0 Å². The normalized spacial score (nSPS) is 23.0. The summed E-state index contributed by atoms with van der Waals surface area (Å²) < 4.78 is 28.9. The summed E-state index contributed by atoms with van der Waals surface area (Å²) in [6, 6.07) is 7.64. The van der Waals surface area contributed by atoms with Crippen molar-refractivity contribution in [3.8, 4) is 5.75 Å². The summed E-state index contributed by atoms with van der Waals surface area (Å²) in [5.41, 5.74) is 1.10. The molecule has 1 fully saturated rings. The topological polar surface area (TPSA) is 41.5 Å². The second-order valence-corrected chi connectivity index (χ2v) is 5.23. The first kappa shape index (κ1) is 15.2. The minimum Gasteiger partial charge on any atom is -0.488 e. The van der Waals surface area contributed by atoms with Crippen molar-refractivity contribution in [3.05, 3.63) is 29.8 Å². The number of nitrogens with one attached hydrogen (secondary N) is 1. The predicted molar refractivity (Wildman–Crippen MR) is 73.0 cm³/mol. The minimum atomic E-state index is -2.45.